The number of nitrogens with one attached hydrogen (secondary N) is 1. The maximum atomic E-state index is 12.5. The van der Waals surface area contributed by atoms with Crippen molar-refractivity contribution in [2.24, 2.45) is 0 Å². The van der Waals surface area contributed by atoms with Gasteiger partial charge in [-0.2, -0.15) is 4.31 Å². The van der Waals surface area contributed by atoms with Crippen molar-refractivity contribution in [2.75, 3.05) is 40.5 Å². The van der Waals surface area contributed by atoms with Crippen LogP contribution in [0.3, 0.4) is 0 Å². The predicted molar refractivity (Wildman–Crippen MR) is 82.3 cm³/mol. The van der Waals surface area contributed by atoms with Crippen molar-refractivity contribution >= 4 is 15.9 Å². The van der Waals surface area contributed by atoms with Crippen LogP contribution in [-0.2, 0) is 19.6 Å². The van der Waals surface area contributed by atoms with Gasteiger partial charge >= 0.3 is 0 Å². The molecule has 0 aromatic heterocycles. The van der Waals surface area contributed by atoms with Crippen molar-refractivity contribution in [1.29, 1.82) is 0 Å². The molecule has 1 amide bonds. The quantitative estimate of drug-likeness (QED) is 0.665. The summed E-state index contributed by atoms with van der Waals surface area (Å²) in [4.78, 5) is 11.9. The van der Waals surface area contributed by atoms with Gasteiger partial charge in [-0.25, -0.2) is 8.42 Å². The molecule has 0 unspecified atom stereocenters. The summed E-state index contributed by atoms with van der Waals surface area (Å²) >= 11 is 0. The highest BCUT2D eigenvalue weighted by Crippen LogP contribution is 2.19. The number of ether oxygens (including phenoxy) is 2. The Balaban J connectivity index is 2.80. The zero-order valence-electron chi connectivity index (χ0n) is 13.0. The first-order valence-electron chi connectivity index (χ1n) is 6.85. The minimum atomic E-state index is -3.72. The van der Waals surface area contributed by atoms with E-state index in [0.29, 0.717) is 18.9 Å². The Morgan fingerprint density at radius 3 is 2.36 bits per heavy atom. The van der Waals surface area contributed by atoms with Crippen molar-refractivity contribution in [3.8, 4) is 5.75 Å². The fraction of sp³-hybridized carbons (Fsp3) is 0.500. The molecule has 1 aromatic rings. The van der Waals surface area contributed by atoms with Crippen LogP contribution in [0.1, 0.15) is 6.92 Å². The van der Waals surface area contributed by atoms with Crippen molar-refractivity contribution in [1.82, 2.24) is 9.62 Å². The fourth-order valence-corrected chi connectivity index (χ4v) is 3.18. The largest absolute Gasteiger partial charge is 0.497 e. The van der Waals surface area contributed by atoms with Gasteiger partial charge in [-0.1, -0.05) is 6.92 Å². The minimum absolute atomic E-state index is 0.125. The molecule has 8 heteroatoms. The second kappa shape index (κ2) is 8.72. The van der Waals surface area contributed by atoms with Crippen molar-refractivity contribution in [3.05, 3.63) is 24.3 Å². The van der Waals surface area contributed by atoms with E-state index in [1.165, 1.54) is 26.4 Å². The molecule has 0 saturated heterocycles. The second-order valence-corrected chi connectivity index (χ2v) is 6.39. The van der Waals surface area contributed by atoms with E-state index in [2.05, 4.69) is 5.32 Å². The van der Waals surface area contributed by atoms with Crippen molar-refractivity contribution < 1.29 is 22.7 Å². The summed E-state index contributed by atoms with van der Waals surface area (Å²) in [6.45, 7) is 2.38. The highest BCUT2D eigenvalue weighted by molar-refractivity contribution is 7.89. The number of nitrogens with zero attached hydrogens (tertiary/aromatic N) is 1. The molecule has 124 valence electrons. The molecule has 0 bridgehead atoms. The third-order valence-electron chi connectivity index (χ3n) is 3.00. The lowest BCUT2D eigenvalue weighted by atomic mass is 10.3. The molecule has 0 heterocycles. The smallest absolute Gasteiger partial charge is 0.243 e. The Morgan fingerprint density at radius 1 is 1.23 bits per heavy atom. The molecule has 1 aromatic carbocycles. The van der Waals surface area contributed by atoms with Crippen molar-refractivity contribution in [3.63, 3.8) is 0 Å². The number of hydrogen-bond donors (Lipinski definition) is 1. The Hall–Kier alpha value is -1.64. The van der Waals surface area contributed by atoms with E-state index in [9.17, 15) is 13.2 Å². The van der Waals surface area contributed by atoms with E-state index in [4.69, 9.17) is 9.47 Å². The summed E-state index contributed by atoms with van der Waals surface area (Å²) in [5.74, 6) is 0.204. The number of sulfonamides is 1. The second-order valence-electron chi connectivity index (χ2n) is 4.45. The molecule has 0 radical (unpaired) electrons. The summed E-state index contributed by atoms with van der Waals surface area (Å²) in [5.41, 5.74) is 0. The van der Waals surface area contributed by atoms with E-state index in [1.54, 1.807) is 19.1 Å². The van der Waals surface area contributed by atoms with Gasteiger partial charge in [0, 0.05) is 20.2 Å². The van der Waals surface area contributed by atoms with Gasteiger partial charge in [0.1, 0.15) is 5.75 Å². The molecule has 1 N–H and O–H groups in total. The first-order chi connectivity index (χ1) is 10.5. The average Bonchev–Trinajstić information content (AvgIpc) is 2.52. The van der Waals surface area contributed by atoms with Gasteiger partial charge in [0.2, 0.25) is 15.9 Å². The normalized spacial score (nSPS) is 11.5. The molecular formula is C14H22N2O5S. The van der Waals surface area contributed by atoms with E-state index < -0.39 is 10.0 Å². The van der Waals surface area contributed by atoms with Gasteiger partial charge in [-0.3, -0.25) is 4.79 Å². The van der Waals surface area contributed by atoms with Crippen LogP contribution < -0.4 is 10.1 Å². The first kappa shape index (κ1) is 18.4. The first-order valence-corrected chi connectivity index (χ1v) is 8.29. The van der Waals surface area contributed by atoms with Crippen LogP contribution in [0.5, 0.6) is 5.75 Å². The molecule has 0 aliphatic rings. The number of likely N-dealkylation sites (N-methyl/N-ethyl adjacent to an activating group) is 1. The molecule has 0 aliphatic carbocycles. The van der Waals surface area contributed by atoms with Gasteiger partial charge in [0.15, 0.2) is 0 Å². The number of hydrogen-bond acceptors (Lipinski definition) is 5. The number of carbonyl (C=O) groups excluding carboxylic acids is 1. The molecular weight excluding hydrogens is 308 g/mol. The van der Waals surface area contributed by atoms with Crippen LogP contribution in [0.25, 0.3) is 0 Å². The van der Waals surface area contributed by atoms with E-state index in [-0.39, 0.29) is 23.9 Å². The number of carbonyl (C=O) groups is 1. The van der Waals surface area contributed by atoms with Gasteiger partial charge < -0.3 is 14.8 Å². The summed E-state index contributed by atoms with van der Waals surface area (Å²) in [6, 6.07) is 6.05. The van der Waals surface area contributed by atoms with Crippen LogP contribution in [0, 0.1) is 0 Å². The Bertz CT molecular complexity index is 571. The Labute approximate surface area is 131 Å². The lowest BCUT2D eigenvalue weighted by molar-refractivity contribution is -0.121. The van der Waals surface area contributed by atoms with Crippen LogP contribution in [0.2, 0.25) is 0 Å². The average molecular weight is 330 g/mol. The van der Waals surface area contributed by atoms with Crippen LogP contribution in [-0.4, -0.2) is 59.1 Å². The number of benzene rings is 1. The Kier molecular flexibility index (Phi) is 7.30. The van der Waals surface area contributed by atoms with Gasteiger partial charge in [-0.15, -0.1) is 0 Å². The Morgan fingerprint density at radius 2 is 1.86 bits per heavy atom. The zero-order valence-corrected chi connectivity index (χ0v) is 13.9. The third-order valence-corrected chi connectivity index (χ3v) is 4.93. The molecule has 0 saturated carbocycles. The summed E-state index contributed by atoms with van der Waals surface area (Å²) in [5, 5.41) is 2.60. The number of amides is 1. The lowest BCUT2D eigenvalue weighted by Crippen LogP contribution is -2.41. The van der Waals surface area contributed by atoms with Crippen LogP contribution in [0.15, 0.2) is 29.2 Å². The van der Waals surface area contributed by atoms with Gasteiger partial charge in [0.25, 0.3) is 0 Å². The summed E-state index contributed by atoms with van der Waals surface area (Å²) < 4.78 is 36.0. The van der Waals surface area contributed by atoms with Gasteiger partial charge in [-0.05, 0) is 24.3 Å². The summed E-state index contributed by atoms with van der Waals surface area (Å²) in [6.07, 6.45) is 0. The van der Waals surface area contributed by atoms with Crippen molar-refractivity contribution in [2.45, 2.75) is 11.8 Å². The van der Waals surface area contributed by atoms with Gasteiger partial charge in [0.05, 0.1) is 25.2 Å². The summed E-state index contributed by atoms with van der Waals surface area (Å²) in [7, 11) is -0.684. The number of rotatable bonds is 9. The fourth-order valence-electron chi connectivity index (χ4n) is 1.77. The molecule has 0 aliphatic heterocycles. The highest BCUT2D eigenvalue weighted by atomic mass is 32.2. The standard InChI is InChI=1S/C14H22N2O5S/c1-4-16(11-14(17)15-9-10-20-2)22(18,19)13-7-5-12(21-3)6-8-13/h5-8H,4,9-11H2,1-3H3,(H,15,17). The monoisotopic (exact) mass is 330 g/mol. The minimum Gasteiger partial charge on any atom is -0.497 e. The van der Waals surface area contributed by atoms with E-state index in [1.807, 2.05) is 0 Å². The van der Waals surface area contributed by atoms with Crippen LogP contribution >= 0.6 is 0 Å². The molecule has 22 heavy (non-hydrogen) atoms. The zero-order chi connectivity index (χ0) is 16.6. The maximum Gasteiger partial charge on any atom is 0.243 e. The van der Waals surface area contributed by atoms with E-state index in [0.717, 1.165) is 4.31 Å². The third kappa shape index (κ3) is 4.97. The lowest BCUT2D eigenvalue weighted by Gasteiger charge is -2.20. The van der Waals surface area contributed by atoms with Crippen LogP contribution in [0.4, 0.5) is 0 Å². The van der Waals surface area contributed by atoms with E-state index >= 15 is 0 Å². The molecule has 1 rings (SSSR count). The highest BCUT2D eigenvalue weighted by Gasteiger charge is 2.25. The molecule has 0 fully saturated rings. The molecule has 0 spiro atoms. The SMILES string of the molecule is CCN(CC(=O)NCCOC)S(=O)(=O)c1ccc(OC)cc1. The predicted octanol–water partition coefficient (Wildman–Crippen LogP) is 0.468. The number of methoxy groups -OCH3 is 2. The molecule has 0 atom stereocenters. The molecule has 7 nitrogen and oxygen atoms in total. The maximum absolute atomic E-state index is 12.5. The topological polar surface area (TPSA) is 84.9 Å².